The van der Waals surface area contributed by atoms with Crippen LogP contribution in [-0.2, 0) is 16.1 Å². The SMILES string of the molecule is COc1c(Cl)cc(/C(O)=C2\C(=O)C(=O)N(Cc3cccs3)C2c2cccc(Oc3ccccc3)c2)c(OC)c1Cl. The van der Waals surface area contributed by atoms with Crippen molar-refractivity contribution in [1.82, 2.24) is 4.90 Å². The fraction of sp³-hybridized carbons (Fsp3) is 0.133. The minimum atomic E-state index is -0.939. The van der Waals surface area contributed by atoms with Gasteiger partial charge in [-0.05, 0) is 47.3 Å². The molecule has 0 bridgehead atoms. The van der Waals surface area contributed by atoms with Gasteiger partial charge in [-0.15, -0.1) is 11.3 Å². The number of methoxy groups -OCH3 is 2. The molecule has 1 aliphatic rings. The van der Waals surface area contributed by atoms with E-state index >= 15 is 0 Å². The zero-order chi connectivity index (χ0) is 28.4. The highest BCUT2D eigenvalue weighted by Gasteiger charge is 2.46. The third-order valence-corrected chi connectivity index (χ3v) is 7.88. The van der Waals surface area contributed by atoms with E-state index in [1.54, 1.807) is 24.3 Å². The van der Waals surface area contributed by atoms with Gasteiger partial charge in [0.2, 0.25) is 0 Å². The van der Waals surface area contributed by atoms with Gasteiger partial charge in [-0.3, -0.25) is 9.59 Å². The molecular formula is C30H23Cl2NO6S. The Morgan fingerprint density at radius 2 is 1.65 bits per heavy atom. The van der Waals surface area contributed by atoms with Gasteiger partial charge >= 0.3 is 0 Å². The molecule has 1 aromatic heterocycles. The molecule has 1 fully saturated rings. The molecule has 5 rings (SSSR count). The van der Waals surface area contributed by atoms with Gasteiger partial charge in [0, 0.05) is 4.88 Å². The van der Waals surface area contributed by atoms with Crippen LogP contribution in [0, 0.1) is 0 Å². The summed E-state index contributed by atoms with van der Waals surface area (Å²) in [6.45, 7) is 0.161. The van der Waals surface area contributed by atoms with E-state index in [1.165, 1.54) is 36.5 Å². The Hall–Kier alpha value is -3.98. The Morgan fingerprint density at radius 3 is 2.33 bits per heavy atom. The van der Waals surface area contributed by atoms with Crippen LogP contribution in [0.3, 0.4) is 0 Å². The number of likely N-dealkylation sites (tertiary alicyclic amines) is 1. The Balaban J connectivity index is 1.68. The molecule has 4 aromatic rings. The molecule has 2 heterocycles. The zero-order valence-corrected chi connectivity index (χ0v) is 23.7. The van der Waals surface area contributed by atoms with Crippen LogP contribution in [0.15, 0.2) is 83.7 Å². The van der Waals surface area contributed by atoms with Gasteiger partial charge in [0.15, 0.2) is 11.5 Å². The van der Waals surface area contributed by atoms with Crippen LogP contribution in [0.5, 0.6) is 23.0 Å². The lowest BCUT2D eigenvalue weighted by atomic mass is 9.94. The highest BCUT2D eigenvalue weighted by molar-refractivity contribution is 7.09. The summed E-state index contributed by atoms with van der Waals surface area (Å²) in [4.78, 5) is 29.3. The molecule has 0 spiro atoms. The fourth-order valence-corrected chi connectivity index (χ4v) is 6.01. The number of carbonyl (C=O) groups is 2. The second kappa shape index (κ2) is 11.6. The van der Waals surface area contributed by atoms with E-state index in [1.807, 2.05) is 47.8 Å². The van der Waals surface area contributed by atoms with E-state index in [2.05, 4.69) is 0 Å². The largest absolute Gasteiger partial charge is 0.507 e. The van der Waals surface area contributed by atoms with Crippen LogP contribution in [0.4, 0.5) is 0 Å². The lowest BCUT2D eigenvalue weighted by Crippen LogP contribution is -2.28. The first-order valence-corrected chi connectivity index (χ1v) is 13.7. The molecule has 0 radical (unpaired) electrons. The van der Waals surface area contributed by atoms with Crippen LogP contribution in [0.25, 0.3) is 5.76 Å². The number of ketones is 1. The van der Waals surface area contributed by atoms with E-state index in [0.717, 1.165) is 4.88 Å². The number of hydrogen-bond donors (Lipinski definition) is 1. The monoisotopic (exact) mass is 595 g/mol. The molecule has 3 aromatic carbocycles. The van der Waals surface area contributed by atoms with Crippen LogP contribution in [-0.4, -0.2) is 35.9 Å². The van der Waals surface area contributed by atoms with Crippen molar-refractivity contribution in [2.75, 3.05) is 14.2 Å². The molecule has 0 aliphatic carbocycles. The summed E-state index contributed by atoms with van der Waals surface area (Å²) >= 11 is 14.3. The van der Waals surface area contributed by atoms with Gasteiger partial charge in [0.05, 0.1) is 43.0 Å². The van der Waals surface area contributed by atoms with E-state index < -0.39 is 23.5 Å². The lowest BCUT2D eigenvalue weighted by Gasteiger charge is -2.25. The number of para-hydroxylation sites is 1. The van der Waals surface area contributed by atoms with Crippen molar-refractivity contribution in [3.05, 3.63) is 110 Å². The van der Waals surface area contributed by atoms with Gasteiger partial charge in [-0.2, -0.15) is 0 Å². The van der Waals surface area contributed by atoms with Crippen molar-refractivity contribution in [2.24, 2.45) is 0 Å². The second-order valence-corrected chi connectivity index (χ2v) is 10.6. The Labute approximate surface area is 244 Å². The summed E-state index contributed by atoms with van der Waals surface area (Å²) in [5.41, 5.74) is 0.485. The van der Waals surface area contributed by atoms with Gasteiger partial charge in [0.25, 0.3) is 11.7 Å². The minimum Gasteiger partial charge on any atom is -0.507 e. The minimum absolute atomic E-state index is 0.0154. The summed E-state index contributed by atoms with van der Waals surface area (Å²) in [6.07, 6.45) is 0. The molecular weight excluding hydrogens is 573 g/mol. The second-order valence-electron chi connectivity index (χ2n) is 8.78. The summed E-state index contributed by atoms with van der Waals surface area (Å²) in [5.74, 6) is -0.757. The smallest absolute Gasteiger partial charge is 0.295 e. The third-order valence-electron chi connectivity index (χ3n) is 6.39. The molecule has 1 atom stereocenters. The first-order chi connectivity index (χ1) is 19.3. The maximum atomic E-state index is 13.5. The lowest BCUT2D eigenvalue weighted by molar-refractivity contribution is -0.140. The van der Waals surface area contributed by atoms with Crippen molar-refractivity contribution in [1.29, 1.82) is 0 Å². The van der Waals surface area contributed by atoms with Crippen molar-refractivity contribution in [3.8, 4) is 23.0 Å². The summed E-state index contributed by atoms with van der Waals surface area (Å²) in [7, 11) is 2.76. The average Bonchev–Trinajstić information content (AvgIpc) is 3.56. The van der Waals surface area contributed by atoms with Gasteiger partial charge in [0.1, 0.15) is 22.3 Å². The molecule has 1 amide bonds. The Kier molecular flexibility index (Phi) is 8.02. The molecule has 1 aliphatic heterocycles. The normalized spacial score (nSPS) is 16.3. The highest BCUT2D eigenvalue weighted by Crippen LogP contribution is 2.48. The third kappa shape index (κ3) is 5.13. The van der Waals surface area contributed by atoms with Crippen LogP contribution < -0.4 is 14.2 Å². The van der Waals surface area contributed by atoms with Gasteiger partial charge in [-0.1, -0.05) is 59.6 Å². The molecule has 0 saturated carbocycles. The Morgan fingerprint density at radius 1 is 0.925 bits per heavy atom. The summed E-state index contributed by atoms with van der Waals surface area (Å²) < 4.78 is 16.7. The number of amides is 1. The number of halogens is 2. The number of nitrogens with zero attached hydrogens (tertiary/aromatic N) is 1. The van der Waals surface area contributed by atoms with Crippen LogP contribution in [0.2, 0.25) is 10.0 Å². The van der Waals surface area contributed by atoms with Gasteiger partial charge < -0.3 is 24.2 Å². The predicted octanol–water partition coefficient (Wildman–Crippen LogP) is 7.49. The fourth-order valence-electron chi connectivity index (χ4n) is 4.62. The van der Waals surface area contributed by atoms with Crippen LogP contribution >= 0.6 is 34.5 Å². The van der Waals surface area contributed by atoms with Crippen molar-refractivity contribution in [3.63, 3.8) is 0 Å². The molecule has 7 nitrogen and oxygen atoms in total. The van der Waals surface area contributed by atoms with Crippen LogP contribution in [0.1, 0.15) is 22.0 Å². The first-order valence-electron chi connectivity index (χ1n) is 12.1. The summed E-state index contributed by atoms with van der Waals surface area (Å²) in [6, 6.07) is 20.5. The van der Waals surface area contributed by atoms with Crippen molar-refractivity contribution in [2.45, 2.75) is 12.6 Å². The molecule has 1 saturated heterocycles. The highest BCUT2D eigenvalue weighted by atomic mass is 35.5. The van der Waals surface area contributed by atoms with Crippen molar-refractivity contribution < 1.29 is 28.9 Å². The van der Waals surface area contributed by atoms with E-state index in [9.17, 15) is 14.7 Å². The number of benzene rings is 3. The zero-order valence-electron chi connectivity index (χ0n) is 21.4. The topological polar surface area (TPSA) is 85.3 Å². The number of aliphatic hydroxyl groups excluding tert-OH is 1. The first kappa shape index (κ1) is 27.6. The molecule has 10 heteroatoms. The van der Waals surface area contributed by atoms with E-state index in [-0.39, 0.29) is 39.2 Å². The van der Waals surface area contributed by atoms with E-state index in [0.29, 0.717) is 17.1 Å². The summed E-state index contributed by atoms with van der Waals surface area (Å²) in [5, 5.41) is 13.6. The predicted molar refractivity (Wildman–Crippen MR) is 155 cm³/mol. The standard InChI is InChI=1S/C30H23Cl2NO6S/c1-37-28-21(15-22(31)29(38-2)24(28)32)26(34)23-25(33(30(36)27(23)35)16-20-12-7-13-40-20)17-8-6-11-19(14-17)39-18-9-4-3-5-10-18/h3-15,25,34H,16H2,1-2H3/b26-23+. The number of hydrogen-bond acceptors (Lipinski definition) is 7. The van der Waals surface area contributed by atoms with E-state index in [4.69, 9.17) is 37.4 Å². The molecule has 204 valence electrons. The number of carbonyl (C=O) groups excluding carboxylic acids is 2. The molecule has 1 N–H and O–H groups in total. The maximum absolute atomic E-state index is 13.5. The quantitative estimate of drug-likeness (QED) is 0.129. The average molecular weight is 596 g/mol. The number of thiophene rings is 1. The Bertz CT molecular complexity index is 1600. The number of ether oxygens (including phenoxy) is 3. The van der Waals surface area contributed by atoms with Gasteiger partial charge in [-0.25, -0.2) is 0 Å². The molecule has 1 unspecified atom stereocenters. The number of aliphatic hydroxyl groups is 1. The number of Topliss-reactive ketones (excluding diaryl/α,β-unsaturated/α-hetero) is 1. The molecule has 40 heavy (non-hydrogen) atoms. The van der Waals surface area contributed by atoms with Crippen molar-refractivity contribution >= 4 is 52.0 Å². The number of rotatable bonds is 8. The maximum Gasteiger partial charge on any atom is 0.295 e.